The standard InChI is InChI=1S/C16H14N4OS/c1-2-12-7-13-15(22-12)17-10-20(16(13)21)9-11-8-19-6-4-3-5-14(19)18-11/h3-8,10H,2,9H2,1H3. The van der Waals surface area contributed by atoms with Gasteiger partial charge in [0.25, 0.3) is 5.56 Å². The first-order chi connectivity index (χ1) is 10.7. The molecule has 0 atom stereocenters. The molecule has 0 aliphatic rings. The Kier molecular flexibility index (Phi) is 3.04. The van der Waals surface area contributed by atoms with Gasteiger partial charge >= 0.3 is 0 Å². The van der Waals surface area contributed by atoms with Crippen LogP contribution in [0.3, 0.4) is 0 Å². The van der Waals surface area contributed by atoms with E-state index in [9.17, 15) is 4.79 Å². The van der Waals surface area contributed by atoms with Crippen LogP contribution in [0.1, 0.15) is 17.5 Å². The van der Waals surface area contributed by atoms with Gasteiger partial charge in [-0.05, 0) is 24.6 Å². The van der Waals surface area contributed by atoms with Crippen LogP contribution in [0.25, 0.3) is 15.9 Å². The maximum atomic E-state index is 12.6. The minimum atomic E-state index is -0.00185. The maximum absolute atomic E-state index is 12.6. The lowest BCUT2D eigenvalue weighted by Crippen LogP contribution is -2.20. The van der Waals surface area contributed by atoms with Gasteiger partial charge in [-0.1, -0.05) is 13.0 Å². The van der Waals surface area contributed by atoms with Crippen LogP contribution in [-0.2, 0) is 13.0 Å². The van der Waals surface area contributed by atoms with Crippen LogP contribution in [0.15, 0.2) is 47.8 Å². The van der Waals surface area contributed by atoms with E-state index < -0.39 is 0 Å². The first kappa shape index (κ1) is 13.2. The molecular formula is C16H14N4OS. The lowest BCUT2D eigenvalue weighted by atomic mass is 10.3. The van der Waals surface area contributed by atoms with Crippen molar-refractivity contribution in [2.75, 3.05) is 0 Å². The van der Waals surface area contributed by atoms with Crippen molar-refractivity contribution in [1.29, 1.82) is 0 Å². The van der Waals surface area contributed by atoms with Gasteiger partial charge in [0.1, 0.15) is 10.5 Å². The molecule has 22 heavy (non-hydrogen) atoms. The molecule has 0 radical (unpaired) electrons. The molecule has 4 aromatic rings. The monoisotopic (exact) mass is 310 g/mol. The molecule has 0 bridgehead atoms. The summed E-state index contributed by atoms with van der Waals surface area (Å²) in [6, 6.07) is 7.80. The molecule has 0 aliphatic carbocycles. The fourth-order valence-electron chi connectivity index (χ4n) is 2.53. The third kappa shape index (κ3) is 2.12. The Labute approximate surface area is 130 Å². The van der Waals surface area contributed by atoms with Crippen molar-refractivity contribution in [3.05, 3.63) is 63.9 Å². The number of fused-ring (bicyclic) bond motifs is 2. The molecule has 0 spiro atoms. The van der Waals surface area contributed by atoms with Gasteiger partial charge in [-0.25, -0.2) is 9.97 Å². The summed E-state index contributed by atoms with van der Waals surface area (Å²) in [5, 5.41) is 0.702. The average molecular weight is 310 g/mol. The largest absolute Gasteiger partial charge is 0.307 e. The predicted octanol–water partition coefficient (Wildman–Crippen LogP) is 2.72. The van der Waals surface area contributed by atoms with Gasteiger partial charge < -0.3 is 4.40 Å². The van der Waals surface area contributed by atoms with Crippen LogP contribution in [0.5, 0.6) is 0 Å². The van der Waals surface area contributed by atoms with Gasteiger partial charge in [0, 0.05) is 17.3 Å². The minimum Gasteiger partial charge on any atom is -0.307 e. The second-order valence-electron chi connectivity index (χ2n) is 5.16. The summed E-state index contributed by atoms with van der Waals surface area (Å²) in [4.78, 5) is 23.5. The lowest BCUT2D eigenvalue weighted by molar-refractivity contribution is 0.735. The van der Waals surface area contributed by atoms with Crippen LogP contribution >= 0.6 is 11.3 Å². The van der Waals surface area contributed by atoms with Crippen molar-refractivity contribution in [2.45, 2.75) is 19.9 Å². The van der Waals surface area contributed by atoms with Crippen LogP contribution in [0, 0.1) is 0 Å². The molecule has 0 saturated heterocycles. The Morgan fingerprint density at radius 1 is 1.32 bits per heavy atom. The van der Waals surface area contributed by atoms with Crippen LogP contribution in [-0.4, -0.2) is 18.9 Å². The number of nitrogens with zero attached hydrogens (tertiary/aromatic N) is 4. The van der Waals surface area contributed by atoms with E-state index in [1.54, 1.807) is 22.2 Å². The van der Waals surface area contributed by atoms with Gasteiger partial charge in [0.05, 0.1) is 24.0 Å². The van der Waals surface area contributed by atoms with Crippen molar-refractivity contribution < 1.29 is 0 Å². The summed E-state index contributed by atoms with van der Waals surface area (Å²) in [5.74, 6) is 0. The highest BCUT2D eigenvalue weighted by atomic mass is 32.1. The van der Waals surface area contributed by atoms with E-state index in [4.69, 9.17) is 0 Å². The Hall–Kier alpha value is -2.47. The van der Waals surface area contributed by atoms with E-state index in [-0.39, 0.29) is 5.56 Å². The zero-order valence-electron chi connectivity index (χ0n) is 12.1. The normalized spacial score (nSPS) is 11.5. The molecule has 4 aromatic heterocycles. The molecule has 5 nitrogen and oxygen atoms in total. The number of hydrogen-bond donors (Lipinski definition) is 0. The van der Waals surface area contributed by atoms with Crippen molar-refractivity contribution in [3.63, 3.8) is 0 Å². The van der Waals surface area contributed by atoms with Gasteiger partial charge in [-0.2, -0.15) is 0 Å². The van der Waals surface area contributed by atoms with Crippen LogP contribution < -0.4 is 5.56 Å². The first-order valence-corrected chi connectivity index (χ1v) is 7.96. The number of rotatable bonds is 3. The number of imidazole rings is 1. The van der Waals surface area contributed by atoms with E-state index in [2.05, 4.69) is 16.9 Å². The van der Waals surface area contributed by atoms with Crippen molar-refractivity contribution in [1.82, 2.24) is 18.9 Å². The molecule has 110 valence electrons. The van der Waals surface area contributed by atoms with Crippen molar-refractivity contribution in [2.24, 2.45) is 0 Å². The van der Waals surface area contributed by atoms with E-state index in [1.165, 1.54) is 4.88 Å². The molecule has 6 heteroatoms. The Balaban J connectivity index is 1.77. The molecule has 0 aromatic carbocycles. The molecule has 4 heterocycles. The Morgan fingerprint density at radius 3 is 3.05 bits per heavy atom. The fraction of sp³-hybridized carbons (Fsp3) is 0.188. The van der Waals surface area contributed by atoms with E-state index in [0.29, 0.717) is 11.9 Å². The van der Waals surface area contributed by atoms with E-state index in [0.717, 1.165) is 22.6 Å². The number of hydrogen-bond acceptors (Lipinski definition) is 4. The summed E-state index contributed by atoms with van der Waals surface area (Å²) in [7, 11) is 0. The maximum Gasteiger partial charge on any atom is 0.262 e. The van der Waals surface area contributed by atoms with Crippen LogP contribution in [0.4, 0.5) is 0 Å². The SMILES string of the molecule is CCc1cc2c(=O)n(Cc3cn4ccccc4n3)cnc2s1. The summed E-state index contributed by atoms with van der Waals surface area (Å²) in [6.07, 6.45) is 6.43. The number of pyridine rings is 1. The van der Waals surface area contributed by atoms with Gasteiger partial charge in [0.15, 0.2) is 0 Å². The average Bonchev–Trinajstić information content (AvgIpc) is 3.13. The fourth-order valence-corrected chi connectivity index (χ4v) is 3.46. The molecule has 0 unspecified atom stereocenters. The topological polar surface area (TPSA) is 52.2 Å². The van der Waals surface area contributed by atoms with E-state index >= 15 is 0 Å². The van der Waals surface area contributed by atoms with E-state index in [1.807, 2.05) is 41.1 Å². The molecule has 0 aliphatic heterocycles. The quantitative estimate of drug-likeness (QED) is 0.584. The number of aryl methyl sites for hydroxylation is 1. The Morgan fingerprint density at radius 2 is 2.23 bits per heavy atom. The highest BCUT2D eigenvalue weighted by Gasteiger charge is 2.10. The second kappa shape index (κ2) is 5.06. The zero-order valence-corrected chi connectivity index (χ0v) is 12.9. The smallest absolute Gasteiger partial charge is 0.262 e. The summed E-state index contributed by atoms with van der Waals surface area (Å²) >= 11 is 1.59. The molecule has 0 N–H and O–H groups in total. The zero-order chi connectivity index (χ0) is 15.1. The number of aromatic nitrogens is 4. The molecule has 0 saturated carbocycles. The Bertz CT molecular complexity index is 994. The molecule has 0 amide bonds. The first-order valence-electron chi connectivity index (χ1n) is 7.15. The molecular weight excluding hydrogens is 296 g/mol. The van der Waals surface area contributed by atoms with Crippen molar-refractivity contribution >= 4 is 27.2 Å². The summed E-state index contributed by atoms with van der Waals surface area (Å²) in [5.41, 5.74) is 1.72. The van der Waals surface area contributed by atoms with Gasteiger partial charge in [-0.15, -0.1) is 11.3 Å². The highest BCUT2D eigenvalue weighted by molar-refractivity contribution is 7.18. The van der Waals surface area contributed by atoms with Crippen molar-refractivity contribution in [3.8, 4) is 0 Å². The molecule has 4 rings (SSSR count). The van der Waals surface area contributed by atoms with Gasteiger partial charge in [-0.3, -0.25) is 9.36 Å². The van der Waals surface area contributed by atoms with Crippen LogP contribution in [0.2, 0.25) is 0 Å². The summed E-state index contributed by atoms with van der Waals surface area (Å²) < 4.78 is 3.57. The third-order valence-electron chi connectivity index (χ3n) is 3.66. The van der Waals surface area contributed by atoms with Gasteiger partial charge in [0.2, 0.25) is 0 Å². The highest BCUT2D eigenvalue weighted by Crippen LogP contribution is 2.21. The minimum absolute atomic E-state index is 0.00185. The second-order valence-corrected chi connectivity index (χ2v) is 6.28. The predicted molar refractivity (Wildman–Crippen MR) is 87.6 cm³/mol. The molecule has 0 fully saturated rings. The number of thiophene rings is 1. The third-order valence-corrected chi connectivity index (χ3v) is 4.85. The summed E-state index contributed by atoms with van der Waals surface area (Å²) in [6.45, 7) is 2.51. The lowest BCUT2D eigenvalue weighted by Gasteiger charge is -2.01.